The molecule has 0 N–H and O–H groups in total. The molecular formula is C17H24. The first-order chi connectivity index (χ1) is 7.83. The van der Waals surface area contributed by atoms with Gasteiger partial charge in [-0.25, -0.2) is 0 Å². The molecule has 0 aliphatic heterocycles. The fourth-order valence-electron chi connectivity index (χ4n) is 1.91. The minimum absolute atomic E-state index is 0.232. The van der Waals surface area contributed by atoms with Gasteiger partial charge < -0.3 is 0 Å². The van der Waals surface area contributed by atoms with Crippen molar-refractivity contribution in [3.05, 3.63) is 48.0 Å². The van der Waals surface area contributed by atoms with Crippen LogP contribution in [0.5, 0.6) is 0 Å². The molecule has 0 amide bonds. The topological polar surface area (TPSA) is 0 Å². The summed E-state index contributed by atoms with van der Waals surface area (Å²) in [5, 5.41) is 0. The Morgan fingerprint density at radius 2 is 1.59 bits per heavy atom. The molecule has 1 aromatic rings. The molecule has 0 aliphatic rings. The van der Waals surface area contributed by atoms with E-state index in [1.54, 1.807) is 0 Å². The van der Waals surface area contributed by atoms with Crippen molar-refractivity contribution in [2.45, 2.75) is 41.0 Å². The van der Waals surface area contributed by atoms with E-state index in [0.29, 0.717) is 0 Å². The fraction of sp³-hybridized carbons (Fsp3) is 0.412. The average molecular weight is 228 g/mol. The standard InChI is InChI=1S/C17H24/c1-7-13(2)15-8-10-16(11-9-15)14(3)12-17(4,5)6/h8-12H,2,7H2,1,3-6H3/b14-12+. The Labute approximate surface area is 106 Å². The van der Waals surface area contributed by atoms with Gasteiger partial charge in [-0.2, -0.15) is 0 Å². The van der Waals surface area contributed by atoms with Gasteiger partial charge in [-0.15, -0.1) is 0 Å². The SMILES string of the molecule is C=C(CC)c1ccc(/C(C)=C/C(C)(C)C)cc1. The minimum atomic E-state index is 0.232. The van der Waals surface area contributed by atoms with Gasteiger partial charge in [-0.05, 0) is 41.0 Å². The van der Waals surface area contributed by atoms with Gasteiger partial charge in [-0.3, -0.25) is 0 Å². The lowest BCUT2D eigenvalue weighted by atomic mass is 9.91. The van der Waals surface area contributed by atoms with Crippen molar-refractivity contribution in [3.8, 4) is 0 Å². The van der Waals surface area contributed by atoms with Gasteiger partial charge in [-0.1, -0.05) is 64.6 Å². The van der Waals surface area contributed by atoms with E-state index in [2.05, 4.69) is 71.5 Å². The summed E-state index contributed by atoms with van der Waals surface area (Å²) in [6, 6.07) is 8.71. The molecule has 0 saturated carbocycles. The Kier molecular flexibility index (Phi) is 4.34. The quantitative estimate of drug-likeness (QED) is 0.635. The summed E-state index contributed by atoms with van der Waals surface area (Å²) in [6.45, 7) is 15.1. The summed E-state index contributed by atoms with van der Waals surface area (Å²) < 4.78 is 0. The van der Waals surface area contributed by atoms with Crippen molar-refractivity contribution in [1.82, 2.24) is 0 Å². The highest BCUT2D eigenvalue weighted by Gasteiger charge is 2.07. The molecule has 0 aromatic heterocycles. The molecule has 0 fully saturated rings. The minimum Gasteiger partial charge on any atom is -0.0952 e. The Hall–Kier alpha value is -1.30. The van der Waals surface area contributed by atoms with Gasteiger partial charge in [0.2, 0.25) is 0 Å². The molecule has 1 rings (SSSR count). The van der Waals surface area contributed by atoms with Crippen LogP contribution in [0.3, 0.4) is 0 Å². The predicted octanol–water partition coefficient (Wildman–Crippen LogP) is 5.56. The van der Waals surface area contributed by atoms with E-state index in [1.807, 2.05) is 0 Å². The van der Waals surface area contributed by atoms with Gasteiger partial charge in [0.15, 0.2) is 0 Å². The van der Waals surface area contributed by atoms with Crippen LogP contribution in [0.25, 0.3) is 11.1 Å². The summed E-state index contributed by atoms with van der Waals surface area (Å²) in [5.74, 6) is 0. The maximum absolute atomic E-state index is 4.06. The molecule has 0 bridgehead atoms. The zero-order valence-electron chi connectivity index (χ0n) is 11.8. The van der Waals surface area contributed by atoms with Crippen LogP contribution in [0.1, 0.15) is 52.2 Å². The monoisotopic (exact) mass is 228 g/mol. The third-order valence-electron chi connectivity index (χ3n) is 2.82. The lowest BCUT2D eigenvalue weighted by Crippen LogP contribution is -2.00. The molecule has 1 aromatic carbocycles. The lowest BCUT2D eigenvalue weighted by molar-refractivity contribution is 0.545. The van der Waals surface area contributed by atoms with Crippen molar-refractivity contribution < 1.29 is 0 Å². The number of benzene rings is 1. The van der Waals surface area contributed by atoms with Gasteiger partial charge in [0.1, 0.15) is 0 Å². The molecule has 0 spiro atoms. The van der Waals surface area contributed by atoms with Crippen LogP contribution in [0.4, 0.5) is 0 Å². The van der Waals surface area contributed by atoms with Crippen LogP contribution >= 0.6 is 0 Å². The van der Waals surface area contributed by atoms with Crippen molar-refractivity contribution in [1.29, 1.82) is 0 Å². The molecular weight excluding hydrogens is 204 g/mol. The third-order valence-corrected chi connectivity index (χ3v) is 2.82. The summed E-state index contributed by atoms with van der Waals surface area (Å²) in [5.41, 5.74) is 5.32. The summed E-state index contributed by atoms with van der Waals surface area (Å²) in [6.07, 6.45) is 3.33. The van der Waals surface area contributed by atoms with E-state index in [-0.39, 0.29) is 5.41 Å². The zero-order valence-corrected chi connectivity index (χ0v) is 11.8. The smallest absolute Gasteiger partial charge is 0.0197 e. The summed E-state index contributed by atoms with van der Waals surface area (Å²) in [4.78, 5) is 0. The normalized spacial score (nSPS) is 12.6. The highest BCUT2D eigenvalue weighted by atomic mass is 14.1. The van der Waals surface area contributed by atoms with Gasteiger partial charge in [0, 0.05) is 0 Å². The van der Waals surface area contributed by atoms with E-state index >= 15 is 0 Å². The molecule has 0 nitrogen and oxygen atoms in total. The van der Waals surface area contributed by atoms with Gasteiger partial charge in [0.05, 0.1) is 0 Å². The number of hydrogen-bond donors (Lipinski definition) is 0. The highest BCUT2D eigenvalue weighted by molar-refractivity contribution is 5.68. The maximum atomic E-state index is 4.06. The Balaban J connectivity index is 2.96. The first-order valence-electron chi connectivity index (χ1n) is 6.31. The largest absolute Gasteiger partial charge is 0.0952 e. The first-order valence-corrected chi connectivity index (χ1v) is 6.31. The highest BCUT2D eigenvalue weighted by Crippen LogP contribution is 2.24. The van der Waals surface area contributed by atoms with E-state index < -0.39 is 0 Å². The Bertz CT molecular complexity index is 410. The molecule has 0 atom stereocenters. The number of hydrogen-bond acceptors (Lipinski definition) is 0. The molecule has 0 heterocycles. The molecule has 17 heavy (non-hydrogen) atoms. The van der Waals surface area contributed by atoms with Crippen molar-refractivity contribution in [2.24, 2.45) is 5.41 Å². The Morgan fingerprint density at radius 3 is 2.00 bits per heavy atom. The second kappa shape index (κ2) is 5.35. The van der Waals surface area contributed by atoms with Crippen LogP contribution in [-0.2, 0) is 0 Å². The molecule has 0 unspecified atom stereocenters. The molecule has 0 aliphatic carbocycles. The van der Waals surface area contributed by atoms with Gasteiger partial charge in [0.25, 0.3) is 0 Å². The van der Waals surface area contributed by atoms with Crippen LogP contribution in [-0.4, -0.2) is 0 Å². The average Bonchev–Trinajstić information content (AvgIpc) is 2.26. The summed E-state index contributed by atoms with van der Waals surface area (Å²) >= 11 is 0. The number of rotatable bonds is 3. The number of allylic oxidation sites excluding steroid dienone is 3. The van der Waals surface area contributed by atoms with E-state index in [1.165, 1.54) is 22.3 Å². The van der Waals surface area contributed by atoms with Crippen LogP contribution in [0.15, 0.2) is 36.9 Å². The van der Waals surface area contributed by atoms with Gasteiger partial charge >= 0.3 is 0 Å². The zero-order chi connectivity index (χ0) is 13.1. The van der Waals surface area contributed by atoms with E-state index in [9.17, 15) is 0 Å². The van der Waals surface area contributed by atoms with Crippen LogP contribution in [0, 0.1) is 5.41 Å². The van der Waals surface area contributed by atoms with E-state index in [4.69, 9.17) is 0 Å². The maximum Gasteiger partial charge on any atom is -0.0197 e. The Morgan fingerprint density at radius 1 is 1.12 bits per heavy atom. The third kappa shape index (κ3) is 4.22. The summed E-state index contributed by atoms with van der Waals surface area (Å²) in [7, 11) is 0. The molecule has 0 heteroatoms. The second-order valence-electron chi connectivity index (χ2n) is 5.73. The fourth-order valence-corrected chi connectivity index (χ4v) is 1.91. The lowest BCUT2D eigenvalue weighted by Gasteiger charge is -2.14. The van der Waals surface area contributed by atoms with Crippen molar-refractivity contribution >= 4 is 11.1 Å². The van der Waals surface area contributed by atoms with Crippen LogP contribution in [0.2, 0.25) is 0 Å². The van der Waals surface area contributed by atoms with E-state index in [0.717, 1.165) is 6.42 Å². The van der Waals surface area contributed by atoms with Crippen molar-refractivity contribution in [2.75, 3.05) is 0 Å². The van der Waals surface area contributed by atoms with Crippen LogP contribution < -0.4 is 0 Å². The van der Waals surface area contributed by atoms with Crippen molar-refractivity contribution in [3.63, 3.8) is 0 Å². The molecule has 0 radical (unpaired) electrons. The predicted molar refractivity (Wildman–Crippen MR) is 78.9 cm³/mol. The molecule has 92 valence electrons. The first kappa shape index (κ1) is 13.8. The molecule has 0 saturated heterocycles. The second-order valence-corrected chi connectivity index (χ2v) is 5.73.